The van der Waals surface area contributed by atoms with Crippen molar-refractivity contribution < 1.29 is 0 Å². The van der Waals surface area contributed by atoms with Crippen molar-refractivity contribution in [2.24, 2.45) is 0 Å². The Hall–Kier alpha value is -2.68. The van der Waals surface area contributed by atoms with E-state index >= 15 is 0 Å². The van der Waals surface area contributed by atoms with Crippen LogP contribution in [0.25, 0.3) is 27.5 Å². The molecule has 0 radical (unpaired) electrons. The van der Waals surface area contributed by atoms with Crippen molar-refractivity contribution in [2.45, 2.75) is 13.8 Å². The molecule has 21 heavy (non-hydrogen) atoms. The smallest absolute Gasteiger partial charge is 0.137 e. The van der Waals surface area contributed by atoms with Gasteiger partial charge < -0.3 is 0 Å². The number of aromatic nitrogens is 3. The Bertz CT molecular complexity index is 878. The number of hydrogen-bond acceptors (Lipinski definition) is 2. The van der Waals surface area contributed by atoms with Gasteiger partial charge in [0.25, 0.3) is 0 Å². The van der Waals surface area contributed by atoms with Crippen molar-refractivity contribution in [3.05, 3.63) is 67.3 Å². The Balaban J connectivity index is 0.000000636. The minimum Gasteiger partial charge on any atom is -0.300 e. The van der Waals surface area contributed by atoms with E-state index in [-0.39, 0.29) is 0 Å². The van der Waals surface area contributed by atoms with Crippen LogP contribution in [0.2, 0.25) is 0 Å². The molecule has 3 heterocycles. The van der Waals surface area contributed by atoms with Gasteiger partial charge in [-0.25, -0.2) is 4.98 Å². The van der Waals surface area contributed by atoms with Crippen molar-refractivity contribution >= 4 is 21.7 Å². The average Bonchev–Trinajstić information content (AvgIpc) is 3.00. The Labute approximate surface area is 123 Å². The summed E-state index contributed by atoms with van der Waals surface area (Å²) in [7, 11) is 0. The first-order chi connectivity index (χ1) is 10.4. The highest BCUT2D eigenvalue weighted by Crippen LogP contribution is 2.21. The Kier molecular flexibility index (Phi) is 3.65. The van der Waals surface area contributed by atoms with Crippen molar-refractivity contribution in [3.63, 3.8) is 0 Å². The number of fused-ring (bicyclic) bond motifs is 2. The monoisotopic (exact) mass is 275 g/mol. The molecule has 0 fully saturated rings. The first-order valence-corrected chi connectivity index (χ1v) is 7.18. The Morgan fingerprint density at radius 1 is 0.857 bits per heavy atom. The summed E-state index contributed by atoms with van der Waals surface area (Å²) in [5.74, 6) is 0.918. The SMILES string of the molecule is CC.c1ccc2cc(-n3ccc4ccncc43)ncc2c1. The number of rotatable bonds is 1. The molecule has 3 aromatic heterocycles. The van der Waals surface area contributed by atoms with Gasteiger partial charge in [-0.1, -0.05) is 38.1 Å². The molecule has 0 amide bonds. The lowest BCUT2D eigenvalue weighted by molar-refractivity contribution is 1.05. The standard InChI is InChI=1S/C16H11N3.C2H6/c1-2-4-14-10-18-16(9-13(14)3-1)19-8-6-12-5-7-17-11-15(12)19;1-2/h1-11H;1-2H3. The van der Waals surface area contributed by atoms with E-state index in [1.54, 1.807) is 6.20 Å². The van der Waals surface area contributed by atoms with Crippen LogP contribution in [0.5, 0.6) is 0 Å². The zero-order valence-corrected chi connectivity index (χ0v) is 12.2. The van der Waals surface area contributed by atoms with E-state index in [2.05, 4.69) is 38.8 Å². The van der Waals surface area contributed by atoms with Gasteiger partial charge in [0.05, 0.1) is 11.7 Å². The molecule has 4 aromatic rings. The van der Waals surface area contributed by atoms with Gasteiger partial charge in [0.15, 0.2) is 0 Å². The molecule has 0 N–H and O–H groups in total. The van der Waals surface area contributed by atoms with Crippen molar-refractivity contribution in [1.82, 2.24) is 14.5 Å². The minimum atomic E-state index is 0.918. The maximum atomic E-state index is 4.53. The topological polar surface area (TPSA) is 30.7 Å². The van der Waals surface area contributed by atoms with Gasteiger partial charge in [0, 0.05) is 29.4 Å². The van der Waals surface area contributed by atoms with E-state index in [1.165, 1.54) is 10.8 Å². The molecule has 0 bridgehead atoms. The van der Waals surface area contributed by atoms with Gasteiger partial charge in [-0.05, 0) is 23.6 Å². The lowest BCUT2D eigenvalue weighted by Crippen LogP contribution is -1.95. The van der Waals surface area contributed by atoms with Crippen LogP contribution in [0.15, 0.2) is 67.3 Å². The third-order valence-corrected chi connectivity index (χ3v) is 3.36. The van der Waals surface area contributed by atoms with Crippen LogP contribution in [-0.4, -0.2) is 14.5 Å². The second-order valence-electron chi connectivity index (χ2n) is 4.51. The van der Waals surface area contributed by atoms with Gasteiger partial charge in [-0.15, -0.1) is 0 Å². The fourth-order valence-corrected chi connectivity index (χ4v) is 2.38. The fraction of sp³-hybridized carbons (Fsp3) is 0.111. The zero-order chi connectivity index (χ0) is 14.7. The van der Waals surface area contributed by atoms with Gasteiger partial charge in [0.1, 0.15) is 5.82 Å². The van der Waals surface area contributed by atoms with E-state index in [1.807, 2.05) is 50.6 Å². The average molecular weight is 275 g/mol. The van der Waals surface area contributed by atoms with E-state index in [9.17, 15) is 0 Å². The summed E-state index contributed by atoms with van der Waals surface area (Å²) in [5.41, 5.74) is 1.07. The third-order valence-electron chi connectivity index (χ3n) is 3.36. The minimum absolute atomic E-state index is 0.918. The lowest BCUT2D eigenvalue weighted by atomic mass is 10.2. The molecule has 0 aliphatic rings. The van der Waals surface area contributed by atoms with Gasteiger partial charge in [-0.2, -0.15) is 0 Å². The molecule has 4 rings (SSSR count). The number of benzene rings is 1. The predicted molar refractivity (Wildman–Crippen MR) is 87.7 cm³/mol. The second kappa shape index (κ2) is 5.75. The van der Waals surface area contributed by atoms with Crippen LogP contribution in [0, 0.1) is 0 Å². The molecule has 0 atom stereocenters. The first-order valence-electron chi connectivity index (χ1n) is 7.18. The summed E-state index contributed by atoms with van der Waals surface area (Å²) in [6.07, 6.45) is 7.61. The maximum absolute atomic E-state index is 4.53. The van der Waals surface area contributed by atoms with Gasteiger partial charge in [-0.3, -0.25) is 9.55 Å². The highest BCUT2D eigenvalue weighted by molar-refractivity contribution is 5.85. The Morgan fingerprint density at radius 2 is 1.67 bits per heavy atom. The van der Waals surface area contributed by atoms with Gasteiger partial charge in [0.2, 0.25) is 0 Å². The summed E-state index contributed by atoms with van der Waals surface area (Å²) in [6, 6.07) is 14.4. The summed E-state index contributed by atoms with van der Waals surface area (Å²) < 4.78 is 2.06. The molecule has 0 spiro atoms. The van der Waals surface area contributed by atoms with Crippen LogP contribution in [-0.2, 0) is 0 Å². The van der Waals surface area contributed by atoms with Crippen LogP contribution in [0.4, 0.5) is 0 Å². The van der Waals surface area contributed by atoms with Crippen LogP contribution < -0.4 is 0 Å². The zero-order valence-electron chi connectivity index (χ0n) is 12.2. The van der Waals surface area contributed by atoms with E-state index in [4.69, 9.17) is 0 Å². The lowest BCUT2D eigenvalue weighted by Gasteiger charge is -2.05. The molecule has 0 aliphatic carbocycles. The molecule has 0 saturated heterocycles. The van der Waals surface area contributed by atoms with Crippen LogP contribution >= 0.6 is 0 Å². The van der Waals surface area contributed by atoms with Crippen LogP contribution in [0.3, 0.4) is 0 Å². The molecule has 0 unspecified atom stereocenters. The molecule has 0 aliphatic heterocycles. The molecule has 3 heteroatoms. The van der Waals surface area contributed by atoms with Gasteiger partial charge >= 0.3 is 0 Å². The number of nitrogens with zero attached hydrogens (tertiary/aromatic N) is 3. The maximum Gasteiger partial charge on any atom is 0.137 e. The summed E-state index contributed by atoms with van der Waals surface area (Å²) in [5, 5.41) is 3.52. The molecule has 0 saturated carbocycles. The summed E-state index contributed by atoms with van der Waals surface area (Å²) in [6.45, 7) is 4.00. The molecular weight excluding hydrogens is 258 g/mol. The van der Waals surface area contributed by atoms with Crippen molar-refractivity contribution in [1.29, 1.82) is 0 Å². The number of pyridine rings is 2. The predicted octanol–water partition coefficient (Wildman–Crippen LogP) is 4.60. The normalized spacial score (nSPS) is 10.4. The molecule has 3 nitrogen and oxygen atoms in total. The highest BCUT2D eigenvalue weighted by Gasteiger charge is 2.04. The second-order valence-corrected chi connectivity index (χ2v) is 4.51. The van der Waals surface area contributed by atoms with Crippen LogP contribution in [0.1, 0.15) is 13.8 Å². The van der Waals surface area contributed by atoms with Crippen molar-refractivity contribution in [3.8, 4) is 5.82 Å². The molecular formula is C18H17N3. The quantitative estimate of drug-likeness (QED) is 0.508. The Morgan fingerprint density at radius 3 is 2.52 bits per heavy atom. The molecule has 1 aromatic carbocycles. The van der Waals surface area contributed by atoms with Crippen molar-refractivity contribution in [2.75, 3.05) is 0 Å². The van der Waals surface area contributed by atoms with E-state index in [0.717, 1.165) is 16.7 Å². The summed E-state index contributed by atoms with van der Waals surface area (Å²) in [4.78, 5) is 8.72. The fourth-order valence-electron chi connectivity index (χ4n) is 2.38. The van der Waals surface area contributed by atoms with E-state index in [0.29, 0.717) is 0 Å². The third kappa shape index (κ3) is 2.38. The first kappa shape index (κ1) is 13.3. The number of hydrogen-bond donors (Lipinski definition) is 0. The van der Waals surface area contributed by atoms with E-state index < -0.39 is 0 Å². The highest BCUT2D eigenvalue weighted by atomic mass is 15.1. The molecule has 104 valence electrons. The largest absolute Gasteiger partial charge is 0.300 e. The summed E-state index contributed by atoms with van der Waals surface area (Å²) >= 11 is 0.